The number of amides is 3. The molecule has 0 aromatic heterocycles. The number of nitrogens with one attached hydrogen (secondary N) is 2. The van der Waals surface area contributed by atoms with E-state index in [2.05, 4.69) is 10.6 Å². The highest BCUT2D eigenvalue weighted by Gasteiger charge is 2.38. The number of aromatic hydroxyl groups is 1. The lowest BCUT2D eigenvalue weighted by atomic mass is 9.98. The molecule has 1 aromatic rings. The van der Waals surface area contributed by atoms with Crippen LogP contribution in [-0.4, -0.2) is 52.6 Å². The molecule has 0 radical (unpaired) electrons. The van der Waals surface area contributed by atoms with Crippen molar-refractivity contribution in [1.29, 1.82) is 5.26 Å². The number of carbonyl (C=O) groups is 3. The summed E-state index contributed by atoms with van der Waals surface area (Å²) < 4.78 is 5.29. The van der Waals surface area contributed by atoms with Crippen LogP contribution in [0.1, 0.15) is 72.4 Å². The molecule has 0 aliphatic carbocycles. The van der Waals surface area contributed by atoms with Crippen LogP contribution in [0.3, 0.4) is 0 Å². The number of hydrogen-bond donors (Lipinski definition) is 3. The summed E-state index contributed by atoms with van der Waals surface area (Å²) in [6.07, 6.45) is 1.89. The first-order chi connectivity index (χ1) is 15.9. The van der Waals surface area contributed by atoms with Gasteiger partial charge in [-0.25, -0.2) is 4.79 Å². The minimum absolute atomic E-state index is 0.173. The molecule has 1 rings (SSSR count). The van der Waals surface area contributed by atoms with Gasteiger partial charge in [-0.1, -0.05) is 51.8 Å². The monoisotopic (exact) mass is 474 g/mol. The molecule has 9 heteroatoms. The maximum Gasteiger partial charge on any atom is 0.408 e. The van der Waals surface area contributed by atoms with Gasteiger partial charge < -0.3 is 25.4 Å². The van der Waals surface area contributed by atoms with Gasteiger partial charge in [0.05, 0.1) is 6.07 Å². The minimum Gasteiger partial charge on any atom is -0.508 e. The zero-order chi connectivity index (χ0) is 25.9. The molecular weight excluding hydrogens is 436 g/mol. The lowest BCUT2D eigenvalue weighted by Crippen LogP contribution is -2.55. The Morgan fingerprint density at radius 3 is 2.35 bits per heavy atom. The Bertz CT molecular complexity index is 873. The predicted molar refractivity (Wildman–Crippen MR) is 129 cm³/mol. The van der Waals surface area contributed by atoms with Gasteiger partial charge in [-0.15, -0.1) is 0 Å². The van der Waals surface area contributed by atoms with Crippen molar-refractivity contribution in [3.05, 3.63) is 29.8 Å². The van der Waals surface area contributed by atoms with Crippen molar-refractivity contribution in [3.8, 4) is 11.8 Å². The maximum atomic E-state index is 13.6. The summed E-state index contributed by atoms with van der Waals surface area (Å²) in [5.74, 6) is -1.67. The van der Waals surface area contributed by atoms with Crippen LogP contribution in [0.5, 0.6) is 5.75 Å². The number of para-hydroxylation sites is 1. The van der Waals surface area contributed by atoms with Crippen molar-refractivity contribution in [2.45, 2.75) is 78.5 Å². The quantitative estimate of drug-likeness (QED) is 0.331. The van der Waals surface area contributed by atoms with E-state index in [1.54, 1.807) is 46.8 Å². The molecule has 0 bridgehead atoms. The van der Waals surface area contributed by atoms with Gasteiger partial charge in [-0.3, -0.25) is 9.59 Å². The molecule has 34 heavy (non-hydrogen) atoms. The fourth-order valence-electron chi connectivity index (χ4n) is 3.35. The van der Waals surface area contributed by atoms with Crippen molar-refractivity contribution >= 4 is 17.9 Å². The maximum absolute atomic E-state index is 13.6. The van der Waals surface area contributed by atoms with Gasteiger partial charge in [0.15, 0.2) is 0 Å². The Morgan fingerprint density at radius 2 is 1.82 bits per heavy atom. The number of rotatable bonds is 11. The van der Waals surface area contributed by atoms with E-state index < -0.39 is 42.1 Å². The highest BCUT2D eigenvalue weighted by atomic mass is 16.6. The third-order valence-electron chi connectivity index (χ3n) is 5.00. The Morgan fingerprint density at radius 1 is 1.18 bits per heavy atom. The van der Waals surface area contributed by atoms with Crippen LogP contribution in [0.25, 0.3) is 0 Å². The van der Waals surface area contributed by atoms with Gasteiger partial charge in [0, 0.05) is 12.1 Å². The minimum atomic E-state index is -1.25. The Balaban J connectivity index is 3.35. The van der Waals surface area contributed by atoms with Crippen LogP contribution in [0.4, 0.5) is 4.79 Å². The zero-order valence-corrected chi connectivity index (χ0v) is 21.1. The second-order valence-corrected chi connectivity index (χ2v) is 9.45. The van der Waals surface area contributed by atoms with Gasteiger partial charge in [0.2, 0.25) is 11.8 Å². The summed E-state index contributed by atoms with van der Waals surface area (Å²) in [6.45, 7) is 10.6. The number of nitriles is 1. The average Bonchev–Trinajstić information content (AvgIpc) is 2.74. The molecule has 188 valence electrons. The average molecular weight is 475 g/mol. The lowest BCUT2D eigenvalue weighted by molar-refractivity contribution is -0.142. The number of hydrogen-bond acceptors (Lipinski definition) is 6. The number of nitrogens with zero attached hydrogens (tertiary/aromatic N) is 2. The zero-order valence-electron chi connectivity index (χ0n) is 21.1. The second kappa shape index (κ2) is 13.4. The van der Waals surface area contributed by atoms with Crippen molar-refractivity contribution in [2.24, 2.45) is 5.92 Å². The topological polar surface area (TPSA) is 132 Å². The fourth-order valence-corrected chi connectivity index (χ4v) is 3.35. The Hall–Kier alpha value is -3.28. The molecule has 0 spiro atoms. The molecular formula is C25H38N4O5. The molecule has 2 unspecified atom stereocenters. The van der Waals surface area contributed by atoms with Gasteiger partial charge in [-0.05, 0) is 39.2 Å². The van der Waals surface area contributed by atoms with Crippen molar-refractivity contribution in [3.63, 3.8) is 0 Å². The third kappa shape index (κ3) is 8.93. The molecule has 0 fully saturated rings. The van der Waals surface area contributed by atoms with Crippen molar-refractivity contribution < 1.29 is 24.2 Å². The first kappa shape index (κ1) is 28.8. The van der Waals surface area contributed by atoms with Crippen LogP contribution < -0.4 is 10.6 Å². The Kier molecular flexibility index (Phi) is 11.4. The molecule has 0 saturated heterocycles. The summed E-state index contributed by atoms with van der Waals surface area (Å²) in [7, 11) is 0. The predicted octanol–water partition coefficient (Wildman–Crippen LogP) is 3.64. The van der Waals surface area contributed by atoms with Crippen LogP contribution in [0.15, 0.2) is 24.3 Å². The van der Waals surface area contributed by atoms with Crippen LogP contribution in [0.2, 0.25) is 0 Å². The van der Waals surface area contributed by atoms with Crippen LogP contribution in [-0.2, 0) is 14.3 Å². The molecule has 0 heterocycles. The molecule has 1 aromatic carbocycles. The molecule has 9 nitrogen and oxygen atoms in total. The van der Waals surface area contributed by atoms with Crippen molar-refractivity contribution in [1.82, 2.24) is 15.5 Å². The third-order valence-corrected chi connectivity index (χ3v) is 5.00. The van der Waals surface area contributed by atoms with E-state index in [0.29, 0.717) is 6.54 Å². The molecule has 0 aliphatic heterocycles. The van der Waals surface area contributed by atoms with Crippen LogP contribution >= 0.6 is 0 Å². The molecule has 3 N–H and O–H groups in total. The molecule has 3 amide bonds. The van der Waals surface area contributed by atoms with Gasteiger partial charge >= 0.3 is 6.09 Å². The lowest BCUT2D eigenvalue weighted by Gasteiger charge is -2.34. The normalized spacial score (nSPS) is 12.9. The highest BCUT2D eigenvalue weighted by molar-refractivity contribution is 5.92. The number of unbranched alkanes of at least 4 members (excludes halogenated alkanes) is 2. The van der Waals surface area contributed by atoms with Gasteiger partial charge in [-0.2, -0.15) is 5.26 Å². The number of ether oxygens (including phenoxy) is 1. The number of phenols is 1. The molecule has 0 saturated carbocycles. The SMILES string of the molecule is CCCCCNC(=O)C(c1ccccc1O)N(CC#N)C(=O)C(NC(=O)OC(C)(C)C)C(C)C. The highest BCUT2D eigenvalue weighted by Crippen LogP contribution is 2.30. The Labute approximate surface area is 202 Å². The van der Waals surface area contributed by atoms with E-state index in [0.717, 1.165) is 24.2 Å². The van der Waals surface area contributed by atoms with E-state index in [4.69, 9.17) is 4.74 Å². The van der Waals surface area contributed by atoms with E-state index in [1.165, 1.54) is 12.1 Å². The van der Waals surface area contributed by atoms with Crippen LogP contribution in [0, 0.1) is 17.2 Å². The standard InChI is InChI=1S/C25H38N4O5/c1-7-8-11-15-27-22(31)21(18-12-9-10-13-19(18)30)29(16-14-26)23(32)20(17(2)3)28-24(33)34-25(4,5)6/h9-10,12-13,17,20-21,30H,7-8,11,15-16H2,1-6H3,(H,27,31)(H,28,33). The van der Waals surface area contributed by atoms with E-state index >= 15 is 0 Å². The summed E-state index contributed by atoms with van der Waals surface area (Å²) >= 11 is 0. The summed E-state index contributed by atoms with van der Waals surface area (Å²) in [5.41, 5.74) is -0.573. The van der Waals surface area contributed by atoms with Crippen molar-refractivity contribution in [2.75, 3.05) is 13.1 Å². The second-order valence-electron chi connectivity index (χ2n) is 9.45. The van der Waals surface area contributed by atoms with Gasteiger partial charge in [0.1, 0.15) is 30.0 Å². The summed E-state index contributed by atoms with van der Waals surface area (Å²) in [4.78, 5) is 40.4. The first-order valence-electron chi connectivity index (χ1n) is 11.7. The summed E-state index contributed by atoms with van der Waals surface area (Å²) in [6, 6.07) is 5.83. The molecule has 0 aliphatic rings. The van der Waals surface area contributed by atoms with E-state index in [9.17, 15) is 24.8 Å². The number of phenolic OH excluding ortho intramolecular Hbond substituents is 1. The number of benzene rings is 1. The first-order valence-corrected chi connectivity index (χ1v) is 11.7. The van der Waals surface area contributed by atoms with E-state index in [1.807, 2.05) is 13.0 Å². The summed E-state index contributed by atoms with van der Waals surface area (Å²) in [5, 5.41) is 25.3. The molecule has 2 atom stereocenters. The largest absolute Gasteiger partial charge is 0.508 e. The van der Waals surface area contributed by atoms with Gasteiger partial charge in [0.25, 0.3) is 0 Å². The smallest absolute Gasteiger partial charge is 0.408 e. The number of alkyl carbamates (subject to hydrolysis) is 1. The number of carbonyl (C=O) groups excluding carboxylic acids is 3. The van der Waals surface area contributed by atoms with E-state index in [-0.39, 0.29) is 17.2 Å². The fraction of sp³-hybridized carbons (Fsp3) is 0.600.